The van der Waals surface area contributed by atoms with Crippen molar-refractivity contribution in [2.24, 2.45) is 10.2 Å². The Labute approximate surface area is 175 Å². The fraction of sp³-hybridized carbons (Fsp3) is 0.0952. The molecule has 2 aromatic carbocycles. The number of H-pyrrole nitrogens is 1. The number of ether oxygens (including phenoxy) is 1. The van der Waals surface area contributed by atoms with Gasteiger partial charge in [-0.15, -0.1) is 10.2 Å². The molecule has 0 unspecified atom stereocenters. The van der Waals surface area contributed by atoms with E-state index in [2.05, 4.69) is 30.7 Å². The third-order valence-corrected chi connectivity index (χ3v) is 4.44. The summed E-state index contributed by atoms with van der Waals surface area (Å²) in [7, 11) is 1.43. The van der Waals surface area contributed by atoms with Crippen LogP contribution >= 0.6 is 0 Å². The number of benzene rings is 2. The summed E-state index contributed by atoms with van der Waals surface area (Å²) in [5, 5.41) is 17.3. The Morgan fingerprint density at radius 1 is 1.13 bits per heavy atom. The Morgan fingerprint density at radius 2 is 1.90 bits per heavy atom. The summed E-state index contributed by atoms with van der Waals surface area (Å²) in [4.78, 5) is 16.7. The zero-order chi connectivity index (χ0) is 22.0. The number of rotatable bonds is 5. The molecule has 2 N–H and O–H groups in total. The van der Waals surface area contributed by atoms with E-state index in [0.29, 0.717) is 16.7 Å². The van der Waals surface area contributed by atoms with E-state index in [4.69, 9.17) is 4.74 Å². The third kappa shape index (κ3) is 4.08. The van der Waals surface area contributed by atoms with E-state index >= 15 is 0 Å². The van der Waals surface area contributed by atoms with Gasteiger partial charge in [-0.1, -0.05) is 17.7 Å². The van der Waals surface area contributed by atoms with Gasteiger partial charge in [0.15, 0.2) is 11.5 Å². The van der Waals surface area contributed by atoms with Crippen LogP contribution in [0.3, 0.4) is 0 Å². The highest BCUT2D eigenvalue weighted by atomic mass is 19.1. The second-order valence-electron chi connectivity index (χ2n) is 6.60. The molecule has 0 atom stereocenters. The van der Waals surface area contributed by atoms with Crippen LogP contribution in [0, 0.1) is 18.6 Å². The zero-order valence-corrected chi connectivity index (χ0v) is 16.5. The lowest BCUT2D eigenvalue weighted by Gasteiger charge is -2.08. The lowest BCUT2D eigenvalue weighted by Crippen LogP contribution is -2.16. The Balaban J connectivity index is 1.62. The standard InChI is InChI=1S/C21H16F2N6O2/c1-11-3-5-12(6-4-11)26-27-16-8-7-15(22)17(18(16)23)20(30)25-13-9-14-19(24-10-13)28-29-21(14)31-2/h3-10H,1-2H3,(H,25,30)(H,24,28,29). The summed E-state index contributed by atoms with van der Waals surface area (Å²) in [6, 6.07) is 10.7. The molecule has 1 amide bonds. The normalized spacial score (nSPS) is 11.2. The van der Waals surface area contributed by atoms with Crippen LogP contribution in [0.2, 0.25) is 0 Å². The van der Waals surface area contributed by atoms with Crippen molar-refractivity contribution in [1.29, 1.82) is 0 Å². The molecule has 0 aliphatic heterocycles. The quantitative estimate of drug-likeness (QED) is 0.430. The minimum Gasteiger partial charge on any atom is -0.479 e. The van der Waals surface area contributed by atoms with Crippen molar-refractivity contribution in [3.05, 3.63) is 71.4 Å². The Kier molecular flexibility index (Phi) is 5.35. The van der Waals surface area contributed by atoms with Crippen molar-refractivity contribution >= 4 is 34.0 Å². The van der Waals surface area contributed by atoms with Crippen LogP contribution in [-0.4, -0.2) is 28.2 Å². The number of aromatic amines is 1. The van der Waals surface area contributed by atoms with Crippen molar-refractivity contribution < 1.29 is 18.3 Å². The van der Waals surface area contributed by atoms with E-state index in [-0.39, 0.29) is 17.3 Å². The molecule has 0 fully saturated rings. The van der Waals surface area contributed by atoms with Gasteiger partial charge in [-0.05, 0) is 37.3 Å². The van der Waals surface area contributed by atoms with Crippen LogP contribution in [0.4, 0.5) is 25.8 Å². The van der Waals surface area contributed by atoms with Crippen molar-refractivity contribution in [3.8, 4) is 5.88 Å². The topological polar surface area (TPSA) is 105 Å². The largest absolute Gasteiger partial charge is 0.479 e. The Hall–Kier alpha value is -4.21. The lowest BCUT2D eigenvalue weighted by atomic mass is 10.1. The first-order valence-corrected chi connectivity index (χ1v) is 9.12. The second-order valence-corrected chi connectivity index (χ2v) is 6.60. The average molecular weight is 422 g/mol. The molecule has 10 heteroatoms. The van der Waals surface area contributed by atoms with E-state index in [0.717, 1.165) is 17.7 Å². The maximum atomic E-state index is 14.9. The van der Waals surface area contributed by atoms with Gasteiger partial charge in [0.05, 0.1) is 30.1 Å². The summed E-state index contributed by atoms with van der Waals surface area (Å²) in [5.41, 5.74) is 1.13. The predicted molar refractivity (Wildman–Crippen MR) is 110 cm³/mol. The number of pyridine rings is 1. The van der Waals surface area contributed by atoms with Crippen molar-refractivity contribution in [1.82, 2.24) is 15.2 Å². The predicted octanol–water partition coefficient (Wildman–Crippen LogP) is 5.22. The van der Waals surface area contributed by atoms with Crippen LogP contribution < -0.4 is 10.1 Å². The molecule has 4 aromatic rings. The van der Waals surface area contributed by atoms with Gasteiger partial charge < -0.3 is 10.1 Å². The van der Waals surface area contributed by atoms with E-state index in [9.17, 15) is 13.6 Å². The molecule has 8 nitrogen and oxygen atoms in total. The number of nitrogens with one attached hydrogen (secondary N) is 2. The van der Waals surface area contributed by atoms with Gasteiger partial charge in [0, 0.05) is 0 Å². The highest BCUT2D eigenvalue weighted by Gasteiger charge is 2.21. The van der Waals surface area contributed by atoms with E-state index in [1.807, 2.05) is 19.1 Å². The molecule has 2 aromatic heterocycles. The van der Waals surface area contributed by atoms with Gasteiger partial charge in [0.25, 0.3) is 5.91 Å². The monoisotopic (exact) mass is 422 g/mol. The molecule has 0 saturated heterocycles. The number of amides is 1. The molecule has 2 heterocycles. The first-order chi connectivity index (χ1) is 15.0. The Bertz CT molecular complexity index is 1300. The van der Waals surface area contributed by atoms with E-state index in [1.54, 1.807) is 12.1 Å². The Morgan fingerprint density at radius 3 is 2.65 bits per heavy atom. The van der Waals surface area contributed by atoms with Gasteiger partial charge in [-0.2, -0.15) is 5.11 Å². The summed E-state index contributed by atoms with van der Waals surface area (Å²) in [6.45, 7) is 1.92. The first-order valence-electron chi connectivity index (χ1n) is 9.12. The molecule has 0 bridgehead atoms. The number of carbonyl (C=O) groups is 1. The smallest absolute Gasteiger partial charge is 0.261 e. The van der Waals surface area contributed by atoms with Crippen molar-refractivity contribution in [2.45, 2.75) is 6.92 Å². The zero-order valence-electron chi connectivity index (χ0n) is 16.5. The maximum absolute atomic E-state index is 14.9. The molecule has 0 spiro atoms. The first kappa shape index (κ1) is 20.1. The number of fused-ring (bicyclic) bond motifs is 1. The molecule has 0 aliphatic carbocycles. The van der Waals surface area contributed by atoms with Crippen LogP contribution in [0.5, 0.6) is 5.88 Å². The number of anilines is 1. The van der Waals surface area contributed by atoms with Gasteiger partial charge in [-0.25, -0.2) is 13.8 Å². The maximum Gasteiger partial charge on any atom is 0.261 e. The fourth-order valence-corrected chi connectivity index (χ4v) is 2.85. The summed E-state index contributed by atoms with van der Waals surface area (Å²) >= 11 is 0. The number of halogens is 2. The minimum atomic E-state index is -1.12. The van der Waals surface area contributed by atoms with E-state index < -0.39 is 23.1 Å². The number of aryl methyl sites for hydroxylation is 1. The van der Waals surface area contributed by atoms with Crippen molar-refractivity contribution in [3.63, 3.8) is 0 Å². The van der Waals surface area contributed by atoms with Crippen LogP contribution in [0.15, 0.2) is 58.9 Å². The number of hydrogen-bond donors (Lipinski definition) is 2. The van der Waals surface area contributed by atoms with E-state index in [1.165, 1.54) is 19.4 Å². The number of hydrogen-bond acceptors (Lipinski definition) is 6. The third-order valence-electron chi connectivity index (χ3n) is 4.44. The number of methoxy groups -OCH3 is 1. The fourth-order valence-electron chi connectivity index (χ4n) is 2.85. The van der Waals surface area contributed by atoms with Crippen LogP contribution in [-0.2, 0) is 0 Å². The average Bonchev–Trinajstić information content (AvgIpc) is 3.17. The highest BCUT2D eigenvalue weighted by Crippen LogP contribution is 2.28. The molecule has 31 heavy (non-hydrogen) atoms. The second kappa shape index (κ2) is 8.27. The van der Waals surface area contributed by atoms with Crippen LogP contribution in [0.1, 0.15) is 15.9 Å². The molecular weight excluding hydrogens is 406 g/mol. The molecule has 4 rings (SSSR count). The van der Waals surface area contributed by atoms with Gasteiger partial charge >= 0.3 is 0 Å². The summed E-state index contributed by atoms with van der Waals surface area (Å²) in [5.74, 6) is -2.87. The molecule has 0 saturated carbocycles. The van der Waals surface area contributed by atoms with Crippen molar-refractivity contribution in [2.75, 3.05) is 12.4 Å². The lowest BCUT2D eigenvalue weighted by molar-refractivity contribution is 0.101. The highest BCUT2D eigenvalue weighted by molar-refractivity contribution is 6.05. The number of aromatic nitrogens is 3. The SMILES string of the molecule is COc1n[nH]c2ncc(NC(=O)c3c(F)ccc(N=Nc4ccc(C)cc4)c3F)cc12. The number of nitrogens with zero attached hydrogens (tertiary/aromatic N) is 4. The minimum absolute atomic E-state index is 0.211. The van der Waals surface area contributed by atoms with Gasteiger partial charge in [0.1, 0.15) is 17.1 Å². The summed E-state index contributed by atoms with van der Waals surface area (Å²) < 4.78 is 34.3. The van der Waals surface area contributed by atoms with Gasteiger partial charge in [-0.3, -0.25) is 9.89 Å². The molecular formula is C21H16F2N6O2. The number of azo groups is 1. The molecule has 0 radical (unpaired) electrons. The molecule has 156 valence electrons. The van der Waals surface area contributed by atoms with Crippen LogP contribution in [0.25, 0.3) is 11.0 Å². The molecule has 0 aliphatic rings. The summed E-state index contributed by atoms with van der Waals surface area (Å²) in [6.07, 6.45) is 1.33. The van der Waals surface area contributed by atoms with Gasteiger partial charge in [0.2, 0.25) is 5.88 Å². The number of carbonyl (C=O) groups excluding carboxylic acids is 1.